The second-order valence-corrected chi connectivity index (χ2v) is 4.94. The van der Waals surface area contributed by atoms with Gasteiger partial charge in [-0.05, 0) is 12.5 Å². The van der Waals surface area contributed by atoms with Gasteiger partial charge in [-0.15, -0.1) is 0 Å². The molecule has 0 saturated heterocycles. The van der Waals surface area contributed by atoms with Crippen LogP contribution in [0, 0.1) is 5.92 Å². The molecule has 0 bridgehead atoms. The van der Waals surface area contributed by atoms with Crippen LogP contribution in [0.2, 0.25) is 0 Å². The van der Waals surface area contributed by atoms with Crippen molar-refractivity contribution in [3.8, 4) is 0 Å². The summed E-state index contributed by atoms with van der Waals surface area (Å²) in [6, 6.07) is 8.38. The molecule has 0 fully saturated rings. The molecule has 0 radical (unpaired) electrons. The highest BCUT2D eigenvalue weighted by molar-refractivity contribution is 5.99. The van der Waals surface area contributed by atoms with Gasteiger partial charge < -0.3 is 14.8 Å². The number of rotatable bonds is 8. The van der Waals surface area contributed by atoms with Crippen molar-refractivity contribution in [1.29, 1.82) is 0 Å². The van der Waals surface area contributed by atoms with E-state index in [1.165, 1.54) is 20.1 Å². The van der Waals surface area contributed by atoms with E-state index in [1.54, 1.807) is 12.2 Å². The fraction of sp³-hybridized carbons (Fsp3) is 0.278. The summed E-state index contributed by atoms with van der Waals surface area (Å²) in [5, 5.41) is 2.48. The summed E-state index contributed by atoms with van der Waals surface area (Å²) in [5.41, 5.74) is 0.857. The SMILES string of the molecule is C=CCOC(=O)C(C(C)=O)[C@@H](/C=C/c1ccccc1)NC(=O)OC. The van der Waals surface area contributed by atoms with Crippen molar-refractivity contribution in [3.05, 3.63) is 54.6 Å². The number of Topliss-reactive ketones (excluding diaryl/α,β-unsaturated/α-hetero) is 1. The number of alkyl carbamates (subject to hydrolysis) is 1. The van der Waals surface area contributed by atoms with Gasteiger partial charge in [0.05, 0.1) is 13.2 Å². The Kier molecular flexibility index (Phi) is 7.98. The minimum atomic E-state index is -1.18. The van der Waals surface area contributed by atoms with Gasteiger partial charge in [-0.3, -0.25) is 9.59 Å². The number of ether oxygens (including phenoxy) is 2. The Balaban J connectivity index is 3.05. The minimum Gasteiger partial charge on any atom is -0.461 e. The first-order chi connectivity index (χ1) is 11.5. The number of benzene rings is 1. The van der Waals surface area contributed by atoms with Gasteiger partial charge in [-0.25, -0.2) is 4.79 Å². The van der Waals surface area contributed by atoms with Crippen LogP contribution in [0.5, 0.6) is 0 Å². The van der Waals surface area contributed by atoms with Gasteiger partial charge in [-0.1, -0.05) is 55.1 Å². The number of ketones is 1. The molecule has 1 aromatic rings. The molecule has 0 spiro atoms. The molecule has 0 aliphatic heterocycles. The molecule has 1 amide bonds. The third-order valence-corrected chi connectivity index (χ3v) is 3.16. The van der Waals surface area contributed by atoms with Crippen LogP contribution in [0.3, 0.4) is 0 Å². The summed E-state index contributed by atoms with van der Waals surface area (Å²) in [6.07, 6.45) is 3.92. The third-order valence-electron chi connectivity index (χ3n) is 3.16. The average Bonchev–Trinajstić information content (AvgIpc) is 2.58. The second-order valence-electron chi connectivity index (χ2n) is 4.94. The van der Waals surface area contributed by atoms with Crippen LogP contribution >= 0.6 is 0 Å². The summed E-state index contributed by atoms with van der Waals surface area (Å²) < 4.78 is 9.52. The zero-order valence-corrected chi connectivity index (χ0v) is 13.7. The van der Waals surface area contributed by atoms with Crippen LogP contribution in [0.15, 0.2) is 49.1 Å². The van der Waals surface area contributed by atoms with Gasteiger partial charge in [-0.2, -0.15) is 0 Å². The minimum absolute atomic E-state index is 0.0179. The van der Waals surface area contributed by atoms with Crippen molar-refractivity contribution in [2.45, 2.75) is 13.0 Å². The predicted octanol–water partition coefficient (Wildman–Crippen LogP) is 2.36. The number of carbonyl (C=O) groups excluding carboxylic acids is 3. The number of hydrogen-bond donors (Lipinski definition) is 1. The third kappa shape index (κ3) is 6.08. The molecule has 128 valence electrons. The quantitative estimate of drug-likeness (QED) is 0.449. The maximum absolute atomic E-state index is 12.1. The first-order valence-corrected chi connectivity index (χ1v) is 7.35. The molecule has 0 aromatic heterocycles. The van der Waals surface area contributed by atoms with Crippen molar-refractivity contribution in [2.75, 3.05) is 13.7 Å². The molecule has 24 heavy (non-hydrogen) atoms. The lowest BCUT2D eigenvalue weighted by Crippen LogP contribution is -2.45. The largest absolute Gasteiger partial charge is 0.461 e. The smallest absolute Gasteiger partial charge is 0.407 e. The Labute approximate surface area is 141 Å². The monoisotopic (exact) mass is 331 g/mol. The highest BCUT2D eigenvalue weighted by Gasteiger charge is 2.33. The Bertz CT molecular complexity index is 609. The second kappa shape index (κ2) is 9.99. The lowest BCUT2D eigenvalue weighted by molar-refractivity contribution is -0.151. The lowest BCUT2D eigenvalue weighted by Gasteiger charge is -2.21. The van der Waals surface area contributed by atoms with E-state index in [0.29, 0.717) is 0 Å². The number of methoxy groups -OCH3 is 1. The summed E-state index contributed by atoms with van der Waals surface area (Å²) in [4.78, 5) is 35.6. The van der Waals surface area contributed by atoms with Gasteiger partial charge in [0.2, 0.25) is 0 Å². The van der Waals surface area contributed by atoms with Crippen molar-refractivity contribution < 1.29 is 23.9 Å². The van der Waals surface area contributed by atoms with Gasteiger partial charge in [0.1, 0.15) is 18.3 Å². The van der Waals surface area contributed by atoms with Gasteiger partial charge >= 0.3 is 12.1 Å². The molecule has 0 heterocycles. The first-order valence-electron chi connectivity index (χ1n) is 7.35. The normalized spacial score (nSPS) is 12.9. The van der Waals surface area contributed by atoms with Gasteiger partial charge in [0, 0.05) is 0 Å². The molecule has 0 aliphatic carbocycles. The van der Waals surface area contributed by atoms with E-state index in [9.17, 15) is 14.4 Å². The molecule has 6 heteroatoms. The Morgan fingerprint density at radius 1 is 1.25 bits per heavy atom. The summed E-state index contributed by atoms with van der Waals surface area (Å²) in [6.45, 7) is 4.70. The molecule has 1 rings (SSSR count). The van der Waals surface area contributed by atoms with Gasteiger partial charge in [0.15, 0.2) is 0 Å². The number of amides is 1. The first kappa shape index (κ1) is 19.2. The molecule has 6 nitrogen and oxygen atoms in total. The molecule has 1 aromatic carbocycles. The van der Waals surface area contributed by atoms with Crippen molar-refractivity contribution >= 4 is 23.9 Å². The lowest BCUT2D eigenvalue weighted by atomic mass is 9.94. The molecular weight excluding hydrogens is 310 g/mol. The van der Waals surface area contributed by atoms with E-state index in [0.717, 1.165) is 5.56 Å². The number of carbonyl (C=O) groups is 3. The zero-order chi connectivity index (χ0) is 17.9. The number of nitrogens with one attached hydrogen (secondary N) is 1. The predicted molar refractivity (Wildman–Crippen MR) is 90.1 cm³/mol. The molecule has 1 unspecified atom stereocenters. The molecule has 0 aliphatic rings. The van der Waals surface area contributed by atoms with E-state index in [2.05, 4.69) is 16.6 Å². The maximum atomic E-state index is 12.1. The van der Waals surface area contributed by atoms with E-state index < -0.39 is 29.8 Å². The van der Waals surface area contributed by atoms with E-state index in [1.807, 2.05) is 30.3 Å². The molecule has 2 atom stereocenters. The summed E-state index contributed by atoms with van der Waals surface area (Å²) in [5.74, 6) is -2.34. The maximum Gasteiger partial charge on any atom is 0.407 e. The van der Waals surface area contributed by atoms with E-state index >= 15 is 0 Å². The highest BCUT2D eigenvalue weighted by atomic mass is 16.5. The van der Waals surface area contributed by atoms with Crippen LogP contribution in [-0.4, -0.2) is 37.6 Å². The Morgan fingerprint density at radius 2 is 1.92 bits per heavy atom. The molecule has 0 saturated carbocycles. The van der Waals surface area contributed by atoms with Crippen LogP contribution in [0.25, 0.3) is 6.08 Å². The fourth-order valence-electron chi connectivity index (χ4n) is 2.01. The summed E-state index contributed by atoms with van der Waals surface area (Å²) in [7, 11) is 1.20. The van der Waals surface area contributed by atoms with Crippen LogP contribution in [0.4, 0.5) is 4.79 Å². The van der Waals surface area contributed by atoms with Gasteiger partial charge in [0.25, 0.3) is 0 Å². The fourth-order valence-corrected chi connectivity index (χ4v) is 2.01. The van der Waals surface area contributed by atoms with Crippen LogP contribution in [0.1, 0.15) is 12.5 Å². The average molecular weight is 331 g/mol. The summed E-state index contributed by atoms with van der Waals surface area (Å²) >= 11 is 0. The van der Waals surface area contributed by atoms with Crippen LogP contribution < -0.4 is 5.32 Å². The number of esters is 1. The van der Waals surface area contributed by atoms with E-state index in [-0.39, 0.29) is 6.61 Å². The zero-order valence-electron chi connectivity index (χ0n) is 13.7. The Hall–Kier alpha value is -2.89. The highest BCUT2D eigenvalue weighted by Crippen LogP contribution is 2.13. The molecule has 1 N–H and O–H groups in total. The standard InChI is InChI=1S/C18H21NO5/c1-4-12-24-17(21)16(13(2)20)15(19-18(22)23-3)11-10-14-8-6-5-7-9-14/h4-11,15-16H,1,12H2,2-3H3,(H,19,22)/b11-10+/t15-,16?/m1/s1. The van der Waals surface area contributed by atoms with E-state index in [4.69, 9.17) is 4.74 Å². The van der Waals surface area contributed by atoms with Crippen LogP contribution in [-0.2, 0) is 19.1 Å². The Morgan fingerprint density at radius 3 is 2.46 bits per heavy atom. The van der Waals surface area contributed by atoms with Crippen molar-refractivity contribution in [2.24, 2.45) is 5.92 Å². The number of hydrogen-bond acceptors (Lipinski definition) is 5. The topological polar surface area (TPSA) is 81.7 Å². The molecular formula is C18H21NO5. The van der Waals surface area contributed by atoms with Crippen molar-refractivity contribution in [3.63, 3.8) is 0 Å². The van der Waals surface area contributed by atoms with Crippen molar-refractivity contribution in [1.82, 2.24) is 5.32 Å².